The lowest BCUT2D eigenvalue weighted by Crippen LogP contribution is -2.19. The second-order valence-corrected chi connectivity index (χ2v) is 3.85. The third kappa shape index (κ3) is 2.47. The lowest BCUT2D eigenvalue weighted by atomic mass is 10.1. The number of nitrogens with zero attached hydrogens (tertiary/aromatic N) is 1. The van der Waals surface area contributed by atoms with Crippen LogP contribution in [0.2, 0.25) is 0 Å². The molecular weight excluding hydrogens is 164 g/mol. The number of nitrogens with one attached hydrogen (secondary N) is 1. The quantitative estimate of drug-likeness (QED) is 0.757. The number of aromatic amines is 1. The molecule has 0 aromatic carbocycles. The Morgan fingerprint density at radius 3 is 2.77 bits per heavy atom. The summed E-state index contributed by atoms with van der Waals surface area (Å²) >= 11 is 0. The molecule has 0 spiro atoms. The Bertz CT molecular complexity index is 309. The molecule has 1 aromatic heterocycles. The number of H-pyrrole nitrogens is 1. The topological polar surface area (TPSA) is 37.8 Å². The molecule has 3 heteroatoms. The first-order chi connectivity index (χ1) is 6.15. The molecule has 0 bridgehead atoms. The predicted molar refractivity (Wildman–Crippen MR) is 53.9 cm³/mol. The van der Waals surface area contributed by atoms with Crippen molar-refractivity contribution in [3.63, 3.8) is 0 Å². The van der Waals surface area contributed by atoms with Crippen molar-refractivity contribution < 1.29 is 0 Å². The number of hydrogen-bond donors (Lipinski definition) is 1. The molecule has 0 aliphatic heterocycles. The van der Waals surface area contributed by atoms with Crippen LogP contribution in [0.5, 0.6) is 0 Å². The second-order valence-electron chi connectivity index (χ2n) is 3.85. The molecular formula is C10H18N2O. The van der Waals surface area contributed by atoms with Gasteiger partial charge in [-0.25, -0.2) is 0 Å². The van der Waals surface area contributed by atoms with Crippen molar-refractivity contribution in [2.24, 2.45) is 5.92 Å². The van der Waals surface area contributed by atoms with Crippen LogP contribution in [0.1, 0.15) is 32.8 Å². The molecule has 0 radical (unpaired) electrons. The molecule has 1 N–H and O–H groups in total. The minimum absolute atomic E-state index is 0.149. The van der Waals surface area contributed by atoms with E-state index in [1.165, 1.54) is 0 Å². The Kier molecular flexibility index (Phi) is 3.34. The van der Waals surface area contributed by atoms with Gasteiger partial charge in [-0.2, -0.15) is 0 Å². The Balaban J connectivity index is 2.80. The van der Waals surface area contributed by atoms with Gasteiger partial charge in [-0.05, 0) is 18.8 Å². The van der Waals surface area contributed by atoms with E-state index in [4.69, 9.17) is 0 Å². The van der Waals surface area contributed by atoms with Crippen molar-refractivity contribution in [1.29, 1.82) is 0 Å². The fraction of sp³-hybridized carbons (Fsp3) is 0.700. The van der Waals surface area contributed by atoms with Crippen LogP contribution in [0.25, 0.3) is 0 Å². The summed E-state index contributed by atoms with van der Waals surface area (Å²) < 4.78 is 1.68. The molecule has 1 rings (SSSR count). The summed E-state index contributed by atoms with van der Waals surface area (Å²) in [6, 6.07) is 0. The summed E-state index contributed by atoms with van der Waals surface area (Å²) in [6.07, 6.45) is 3.69. The molecule has 0 amide bonds. The van der Waals surface area contributed by atoms with Crippen molar-refractivity contribution >= 4 is 0 Å². The number of rotatable bonds is 4. The summed E-state index contributed by atoms with van der Waals surface area (Å²) in [5.74, 6) is 0.540. The minimum Gasteiger partial charge on any atom is -0.303 e. The van der Waals surface area contributed by atoms with E-state index in [0.29, 0.717) is 5.92 Å². The smallest absolute Gasteiger partial charge is 0.269 e. The zero-order valence-corrected chi connectivity index (χ0v) is 8.63. The largest absolute Gasteiger partial charge is 0.303 e. The van der Waals surface area contributed by atoms with E-state index in [1.54, 1.807) is 4.68 Å². The van der Waals surface area contributed by atoms with E-state index < -0.39 is 0 Å². The molecule has 13 heavy (non-hydrogen) atoms. The molecule has 1 heterocycles. The number of aryl methyl sites for hydroxylation is 1. The van der Waals surface area contributed by atoms with Gasteiger partial charge in [0.1, 0.15) is 0 Å². The summed E-state index contributed by atoms with van der Waals surface area (Å²) in [5.41, 5.74) is 1.05. The average Bonchev–Trinajstić information content (AvgIpc) is 2.36. The Hall–Kier alpha value is -0.990. The van der Waals surface area contributed by atoms with Crippen molar-refractivity contribution in [3.05, 3.63) is 22.1 Å². The van der Waals surface area contributed by atoms with Gasteiger partial charge in [0, 0.05) is 18.3 Å². The SMILES string of the molecule is CCCn1[nH]cc(CC(C)C)c1=O. The number of hydrogen-bond acceptors (Lipinski definition) is 1. The van der Waals surface area contributed by atoms with Crippen molar-refractivity contribution in [3.8, 4) is 0 Å². The molecule has 1 aromatic rings. The van der Waals surface area contributed by atoms with Gasteiger partial charge in [-0.1, -0.05) is 20.8 Å². The van der Waals surface area contributed by atoms with Gasteiger partial charge in [0.2, 0.25) is 0 Å². The van der Waals surface area contributed by atoms with Crippen LogP contribution in [0, 0.1) is 5.92 Å². The van der Waals surface area contributed by atoms with Crippen LogP contribution in [-0.4, -0.2) is 9.78 Å². The minimum atomic E-state index is 0.149. The molecule has 0 saturated carbocycles. The molecule has 0 aliphatic carbocycles. The molecule has 0 unspecified atom stereocenters. The highest BCUT2D eigenvalue weighted by Crippen LogP contribution is 2.01. The van der Waals surface area contributed by atoms with Crippen LogP contribution >= 0.6 is 0 Å². The molecule has 3 nitrogen and oxygen atoms in total. The normalized spacial score (nSPS) is 11.1. The zero-order chi connectivity index (χ0) is 9.84. The summed E-state index contributed by atoms with van der Waals surface area (Å²) in [5, 5.41) is 2.98. The molecule has 0 aliphatic rings. The van der Waals surface area contributed by atoms with Crippen LogP contribution in [0.4, 0.5) is 0 Å². The van der Waals surface area contributed by atoms with E-state index in [9.17, 15) is 4.79 Å². The van der Waals surface area contributed by atoms with Gasteiger partial charge in [0.15, 0.2) is 0 Å². The van der Waals surface area contributed by atoms with Gasteiger partial charge in [0.05, 0.1) is 0 Å². The molecule has 0 fully saturated rings. The average molecular weight is 182 g/mol. The third-order valence-corrected chi connectivity index (χ3v) is 1.99. The standard InChI is InChI=1S/C10H18N2O/c1-4-5-12-10(13)9(7-11-12)6-8(2)3/h7-8,11H,4-6H2,1-3H3. The van der Waals surface area contributed by atoms with E-state index in [0.717, 1.165) is 24.9 Å². The van der Waals surface area contributed by atoms with Gasteiger partial charge in [0.25, 0.3) is 5.56 Å². The Morgan fingerprint density at radius 1 is 1.54 bits per heavy atom. The van der Waals surface area contributed by atoms with Crippen molar-refractivity contribution in [2.45, 2.75) is 40.2 Å². The van der Waals surface area contributed by atoms with E-state index in [2.05, 4.69) is 25.9 Å². The van der Waals surface area contributed by atoms with Crippen LogP contribution in [-0.2, 0) is 13.0 Å². The molecule has 74 valence electrons. The third-order valence-electron chi connectivity index (χ3n) is 1.99. The van der Waals surface area contributed by atoms with Gasteiger partial charge in [-0.15, -0.1) is 0 Å². The first kappa shape index (κ1) is 10.1. The summed E-state index contributed by atoms with van der Waals surface area (Å²) in [4.78, 5) is 11.6. The highest BCUT2D eigenvalue weighted by atomic mass is 16.1. The van der Waals surface area contributed by atoms with Crippen LogP contribution in [0.3, 0.4) is 0 Å². The number of aromatic nitrogens is 2. The van der Waals surface area contributed by atoms with Gasteiger partial charge < -0.3 is 5.10 Å². The fourth-order valence-corrected chi connectivity index (χ4v) is 1.43. The zero-order valence-electron chi connectivity index (χ0n) is 8.63. The highest BCUT2D eigenvalue weighted by molar-refractivity contribution is 5.05. The van der Waals surface area contributed by atoms with Crippen molar-refractivity contribution in [1.82, 2.24) is 9.78 Å². The maximum Gasteiger partial charge on any atom is 0.269 e. The molecule has 0 atom stereocenters. The summed E-state index contributed by atoms with van der Waals surface area (Å²) in [6.45, 7) is 7.10. The van der Waals surface area contributed by atoms with Crippen LogP contribution in [0.15, 0.2) is 11.0 Å². The predicted octanol–water partition coefficient (Wildman–Crippen LogP) is 1.78. The first-order valence-corrected chi connectivity index (χ1v) is 4.92. The Labute approximate surface area is 78.8 Å². The van der Waals surface area contributed by atoms with Crippen molar-refractivity contribution in [2.75, 3.05) is 0 Å². The van der Waals surface area contributed by atoms with E-state index >= 15 is 0 Å². The molecule has 0 saturated heterocycles. The van der Waals surface area contributed by atoms with E-state index in [1.807, 2.05) is 6.20 Å². The first-order valence-electron chi connectivity index (χ1n) is 4.92. The lowest BCUT2D eigenvalue weighted by Gasteiger charge is -1.99. The highest BCUT2D eigenvalue weighted by Gasteiger charge is 2.06. The van der Waals surface area contributed by atoms with E-state index in [-0.39, 0.29) is 5.56 Å². The fourth-order valence-electron chi connectivity index (χ4n) is 1.43. The lowest BCUT2D eigenvalue weighted by molar-refractivity contribution is 0.580. The maximum atomic E-state index is 11.6. The van der Waals surface area contributed by atoms with Gasteiger partial charge in [-0.3, -0.25) is 9.48 Å². The summed E-state index contributed by atoms with van der Waals surface area (Å²) in [7, 11) is 0. The second kappa shape index (κ2) is 4.30. The monoisotopic (exact) mass is 182 g/mol. The van der Waals surface area contributed by atoms with Crippen LogP contribution < -0.4 is 5.56 Å². The van der Waals surface area contributed by atoms with Gasteiger partial charge >= 0.3 is 0 Å². The Morgan fingerprint density at radius 2 is 2.23 bits per heavy atom. The maximum absolute atomic E-state index is 11.6.